The summed E-state index contributed by atoms with van der Waals surface area (Å²) in [6.07, 6.45) is 0.704. The molecule has 1 fully saturated rings. The minimum absolute atomic E-state index is 0.124. The maximum absolute atomic E-state index is 13.3. The number of rotatable bonds is 4. The summed E-state index contributed by atoms with van der Waals surface area (Å²) in [4.78, 5) is 23.2. The summed E-state index contributed by atoms with van der Waals surface area (Å²) in [6.45, 7) is 1.36. The van der Waals surface area contributed by atoms with Crippen LogP contribution in [0, 0.1) is 11.6 Å². The van der Waals surface area contributed by atoms with Crippen LogP contribution in [0.5, 0.6) is 0 Å². The lowest BCUT2D eigenvalue weighted by Gasteiger charge is -2.13. The van der Waals surface area contributed by atoms with E-state index in [0.29, 0.717) is 0 Å². The lowest BCUT2D eigenvalue weighted by molar-refractivity contribution is -0.129. The predicted molar refractivity (Wildman–Crippen MR) is 62.4 cm³/mol. The van der Waals surface area contributed by atoms with E-state index in [1.807, 2.05) is 0 Å². The third-order valence-electron chi connectivity index (χ3n) is 2.74. The Morgan fingerprint density at radius 3 is 2.42 bits per heavy atom. The Balaban J connectivity index is 2.01. The summed E-state index contributed by atoms with van der Waals surface area (Å²) in [5, 5.41) is 2.64. The van der Waals surface area contributed by atoms with Gasteiger partial charge in [-0.1, -0.05) is 6.07 Å². The first-order valence-electron chi connectivity index (χ1n) is 5.94. The first-order chi connectivity index (χ1) is 8.99. The van der Waals surface area contributed by atoms with Gasteiger partial charge in [-0.25, -0.2) is 13.6 Å². The van der Waals surface area contributed by atoms with Gasteiger partial charge < -0.3 is 10.1 Å². The number of hydrogen-bond donors (Lipinski definition) is 1. The zero-order valence-electron chi connectivity index (χ0n) is 10.3. The van der Waals surface area contributed by atoms with Crippen molar-refractivity contribution in [2.45, 2.75) is 31.9 Å². The van der Waals surface area contributed by atoms with E-state index in [-0.39, 0.29) is 6.04 Å². The van der Waals surface area contributed by atoms with Crippen LogP contribution in [0.25, 0.3) is 0 Å². The maximum Gasteiger partial charge on any atom is 0.344 e. The van der Waals surface area contributed by atoms with Crippen LogP contribution in [0.3, 0.4) is 0 Å². The molecule has 0 spiro atoms. The fourth-order valence-corrected chi connectivity index (χ4v) is 1.51. The molecule has 1 aromatic rings. The third-order valence-corrected chi connectivity index (χ3v) is 2.74. The van der Waals surface area contributed by atoms with Gasteiger partial charge in [-0.2, -0.15) is 0 Å². The van der Waals surface area contributed by atoms with Crippen molar-refractivity contribution in [1.82, 2.24) is 5.32 Å². The van der Waals surface area contributed by atoms with Gasteiger partial charge in [0, 0.05) is 6.04 Å². The van der Waals surface area contributed by atoms with Crippen LogP contribution >= 0.6 is 0 Å². The van der Waals surface area contributed by atoms with Crippen molar-refractivity contribution in [3.63, 3.8) is 0 Å². The van der Waals surface area contributed by atoms with Crippen molar-refractivity contribution in [3.05, 3.63) is 35.4 Å². The fourth-order valence-electron chi connectivity index (χ4n) is 1.51. The van der Waals surface area contributed by atoms with Crippen LogP contribution in [0.2, 0.25) is 0 Å². The maximum atomic E-state index is 13.3. The van der Waals surface area contributed by atoms with E-state index in [9.17, 15) is 18.4 Å². The molecule has 0 aromatic heterocycles. The van der Waals surface area contributed by atoms with Gasteiger partial charge in [0.05, 0.1) is 0 Å². The van der Waals surface area contributed by atoms with E-state index in [2.05, 4.69) is 5.32 Å². The van der Waals surface area contributed by atoms with Crippen LogP contribution in [0.15, 0.2) is 18.2 Å². The number of ether oxygens (including phenoxy) is 1. The first kappa shape index (κ1) is 13.5. The third kappa shape index (κ3) is 3.27. The van der Waals surface area contributed by atoms with E-state index >= 15 is 0 Å². The SMILES string of the molecule is CC(OC(=O)c1c(F)cccc1F)C(=O)NC1CC1. The highest BCUT2D eigenvalue weighted by atomic mass is 19.1. The Bertz CT molecular complexity index is 494. The van der Waals surface area contributed by atoms with Crippen molar-refractivity contribution in [2.24, 2.45) is 0 Å². The van der Waals surface area contributed by atoms with Crippen LogP contribution in [0.1, 0.15) is 30.1 Å². The molecule has 1 aromatic carbocycles. The molecule has 0 heterocycles. The summed E-state index contributed by atoms with van der Waals surface area (Å²) in [7, 11) is 0. The molecule has 19 heavy (non-hydrogen) atoms. The highest BCUT2D eigenvalue weighted by molar-refractivity contribution is 5.92. The molecule has 102 valence electrons. The molecule has 4 nitrogen and oxygen atoms in total. The van der Waals surface area contributed by atoms with Crippen LogP contribution in [-0.4, -0.2) is 24.0 Å². The molecule has 1 aliphatic rings. The quantitative estimate of drug-likeness (QED) is 0.848. The van der Waals surface area contributed by atoms with Gasteiger partial charge in [-0.15, -0.1) is 0 Å². The number of amides is 1. The molecule has 1 saturated carbocycles. The summed E-state index contributed by atoms with van der Waals surface area (Å²) in [6, 6.07) is 3.17. The van der Waals surface area contributed by atoms with Crippen LogP contribution < -0.4 is 5.32 Å². The molecule has 2 rings (SSSR count). The number of carbonyl (C=O) groups excluding carboxylic acids is 2. The number of hydrogen-bond acceptors (Lipinski definition) is 3. The summed E-state index contributed by atoms with van der Waals surface area (Å²) < 4.78 is 31.4. The molecular formula is C13H13F2NO3. The Labute approximate surface area is 108 Å². The zero-order chi connectivity index (χ0) is 14.0. The second-order valence-electron chi connectivity index (χ2n) is 4.43. The predicted octanol–water partition coefficient (Wildman–Crippen LogP) is 1.79. The van der Waals surface area contributed by atoms with Gasteiger partial charge in [0.2, 0.25) is 0 Å². The second kappa shape index (κ2) is 5.34. The molecule has 0 bridgehead atoms. The minimum Gasteiger partial charge on any atom is -0.449 e. The van der Waals surface area contributed by atoms with E-state index in [0.717, 1.165) is 31.0 Å². The van der Waals surface area contributed by atoms with Gasteiger partial charge in [0.25, 0.3) is 5.91 Å². The molecule has 0 saturated heterocycles. The Morgan fingerprint density at radius 1 is 1.32 bits per heavy atom. The molecule has 1 aliphatic carbocycles. The Morgan fingerprint density at radius 2 is 1.89 bits per heavy atom. The average molecular weight is 269 g/mol. The van der Waals surface area contributed by atoms with Crippen molar-refractivity contribution in [3.8, 4) is 0 Å². The average Bonchev–Trinajstić information content (AvgIpc) is 3.12. The lowest BCUT2D eigenvalue weighted by atomic mass is 10.2. The molecule has 0 radical (unpaired) electrons. The van der Waals surface area contributed by atoms with Gasteiger partial charge >= 0.3 is 5.97 Å². The van der Waals surface area contributed by atoms with E-state index < -0.39 is 35.2 Å². The van der Waals surface area contributed by atoms with Crippen molar-refractivity contribution >= 4 is 11.9 Å². The van der Waals surface area contributed by atoms with E-state index in [1.165, 1.54) is 6.92 Å². The molecule has 1 amide bonds. The van der Waals surface area contributed by atoms with Gasteiger partial charge in [0.1, 0.15) is 17.2 Å². The van der Waals surface area contributed by atoms with Gasteiger partial charge in [0.15, 0.2) is 6.10 Å². The van der Waals surface area contributed by atoms with E-state index in [4.69, 9.17) is 4.74 Å². The van der Waals surface area contributed by atoms with E-state index in [1.54, 1.807) is 0 Å². The number of esters is 1. The van der Waals surface area contributed by atoms with Gasteiger partial charge in [-0.05, 0) is 31.9 Å². The standard InChI is InChI=1S/C13H13F2NO3/c1-7(12(17)16-8-5-6-8)19-13(18)11-9(14)3-2-4-10(11)15/h2-4,7-8H,5-6H2,1H3,(H,16,17). The smallest absolute Gasteiger partial charge is 0.344 e. The molecule has 0 aliphatic heterocycles. The number of halogens is 2. The minimum atomic E-state index is -1.19. The Kier molecular flexibility index (Phi) is 3.78. The number of benzene rings is 1. The van der Waals surface area contributed by atoms with Gasteiger partial charge in [-0.3, -0.25) is 4.79 Å². The molecular weight excluding hydrogens is 256 g/mol. The fraction of sp³-hybridized carbons (Fsp3) is 0.385. The monoisotopic (exact) mass is 269 g/mol. The summed E-state index contributed by atoms with van der Waals surface area (Å²) in [5.41, 5.74) is -0.784. The van der Waals surface area contributed by atoms with Crippen molar-refractivity contribution < 1.29 is 23.1 Å². The second-order valence-corrected chi connectivity index (χ2v) is 4.43. The highest BCUT2D eigenvalue weighted by Crippen LogP contribution is 2.19. The molecule has 1 unspecified atom stereocenters. The van der Waals surface area contributed by atoms with Crippen LogP contribution in [-0.2, 0) is 9.53 Å². The number of carbonyl (C=O) groups is 2. The van der Waals surface area contributed by atoms with Crippen molar-refractivity contribution in [2.75, 3.05) is 0 Å². The Hall–Kier alpha value is -1.98. The van der Waals surface area contributed by atoms with Crippen LogP contribution in [0.4, 0.5) is 8.78 Å². The molecule has 1 atom stereocenters. The zero-order valence-corrected chi connectivity index (χ0v) is 10.3. The molecule has 6 heteroatoms. The summed E-state index contributed by atoms with van der Waals surface area (Å²) >= 11 is 0. The lowest BCUT2D eigenvalue weighted by Crippen LogP contribution is -2.37. The first-order valence-corrected chi connectivity index (χ1v) is 5.94. The molecule has 1 N–H and O–H groups in total. The van der Waals surface area contributed by atoms with Crippen molar-refractivity contribution in [1.29, 1.82) is 0 Å². The topological polar surface area (TPSA) is 55.4 Å². The summed E-state index contributed by atoms with van der Waals surface area (Å²) in [5.74, 6) is -3.68. The largest absolute Gasteiger partial charge is 0.449 e. The number of nitrogens with one attached hydrogen (secondary N) is 1. The normalized spacial score (nSPS) is 15.7. The highest BCUT2D eigenvalue weighted by Gasteiger charge is 2.28.